The van der Waals surface area contributed by atoms with E-state index >= 15 is 0 Å². The van der Waals surface area contributed by atoms with Crippen molar-refractivity contribution in [2.75, 3.05) is 33.8 Å². The molecule has 0 spiro atoms. The van der Waals surface area contributed by atoms with Crippen LogP contribution in [-0.2, 0) is 30.9 Å². The van der Waals surface area contributed by atoms with Gasteiger partial charge in [0.25, 0.3) is 0 Å². The molecule has 0 saturated carbocycles. The second kappa shape index (κ2) is 13.6. The first-order valence-electron chi connectivity index (χ1n) is 10.9. The Bertz CT molecular complexity index is 796. The number of fused-ring (bicyclic) bond motifs is 1. The van der Waals surface area contributed by atoms with Crippen LogP contribution in [0.4, 0.5) is 0 Å². The van der Waals surface area contributed by atoms with Crippen molar-refractivity contribution in [1.29, 1.82) is 0 Å². The summed E-state index contributed by atoms with van der Waals surface area (Å²) in [5.74, 6) is 2.69. The number of methoxy groups -OCH3 is 1. The number of nitrogens with one attached hydrogen (secondary N) is 2. The van der Waals surface area contributed by atoms with Crippen molar-refractivity contribution in [3.05, 3.63) is 47.5 Å². The molecular formula is C22H36IN7O. The summed E-state index contributed by atoms with van der Waals surface area (Å²) in [6.07, 6.45) is 2.96. The van der Waals surface area contributed by atoms with E-state index in [1.807, 2.05) is 4.68 Å². The molecule has 0 aliphatic carbocycles. The van der Waals surface area contributed by atoms with Gasteiger partial charge in [0.15, 0.2) is 11.8 Å². The quantitative estimate of drug-likeness (QED) is 0.208. The Hall–Kier alpha value is -1.72. The zero-order chi connectivity index (χ0) is 21.2. The third-order valence-corrected chi connectivity index (χ3v) is 5.12. The fraction of sp³-hybridized carbons (Fsp3) is 0.591. The number of benzene rings is 1. The van der Waals surface area contributed by atoms with E-state index in [1.54, 1.807) is 7.11 Å². The SMILES string of the molecule is CCNC(=NCCCN(C)Cc1ccccc1)NC1CCc2nc(COC)nn2C1.I. The first-order chi connectivity index (χ1) is 14.7. The van der Waals surface area contributed by atoms with Crippen molar-refractivity contribution in [3.8, 4) is 0 Å². The Morgan fingerprint density at radius 2 is 2.13 bits per heavy atom. The maximum atomic E-state index is 5.15. The highest BCUT2D eigenvalue weighted by molar-refractivity contribution is 14.0. The van der Waals surface area contributed by atoms with Crippen LogP contribution in [0.2, 0.25) is 0 Å². The van der Waals surface area contributed by atoms with Crippen LogP contribution in [-0.4, -0.2) is 65.5 Å². The van der Waals surface area contributed by atoms with Gasteiger partial charge in [-0.05, 0) is 38.9 Å². The lowest BCUT2D eigenvalue weighted by atomic mass is 10.1. The highest BCUT2D eigenvalue weighted by Crippen LogP contribution is 2.13. The lowest BCUT2D eigenvalue weighted by Gasteiger charge is -2.25. The Kier molecular flexibility index (Phi) is 11.2. The predicted octanol–water partition coefficient (Wildman–Crippen LogP) is 2.43. The highest BCUT2D eigenvalue weighted by Gasteiger charge is 2.22. The number of halogens is 1. The van der Waals surface area contributed by atoms with Gasteiger partial charge in [0.1, 0.15) is 12.4 Å². The second-order valence-corrected chi connectivity index (χ2v) is 7.78. The number of hydrogen-bond acceptors (Lipinski definition) is 5. The molecule has 2 N–H and O–H groups in total. The molecule has 8 nitrogen and oxygen atoms in total. The van der Waals surface area contributed by atoms with Gasteiger partial charge in [-0.2, -0.15) is 5.10 Å². The van der Waals surface area contributed by atoms with Crippen LogP contribution in [0.15, 0.2) is 35.3 Å². The van der Waals surface area contributed by atoms with E-state index in [0.717, 1.165) is 69.6 Å². The van der Waals surface area contributed by atoms with Crippen molar-refractivity contribution in [1.82, 2.24) is 30.3 Å². The van der Waals surface area contributed by atoms with Crippen molar-refractivity contribution in [2.45, 2.75) is 51.9 Å². The van der Waals surface area contributed by atoms with E-state index in [1.165, 1.54) is 5.56 Å². The second-order valence-electron chi connectivity index (χ2n) is 7.78. The monoisotopic (exact) mass is 541 g/mol. The fourth-order valence-electron chi connectivity index (χ4n) is 3.69. The summed E-state index contributed by atoms with van der Waals surface area (Å²) in [4.78, 5) is 11.7. The zero-order valence-corrected chi connectivity index (χ0v) is 21.2. The first kappa shape index (κ1) is 25.5. The van der Waals surface area contributed by atoms with Gasteiger partial charge in [-0.1, -0.05) is 30.3 Å². The molecule has 1 aromatic carbocycles. The van der Waals surface area contributed by atoms with E-state index in [-0.39, 0.29) is 24.0 Å². The average Bonchev–Trinajstić information content (AvgIpc) is 3.14. The van der Waals surface area contributed by atoms with Crippen LogP contribution in [0, 0.1) is 0 Å². The Labute approximate surface area is 202 Å². The smallest absolute Gasteiger partial charge is 0.191 e. The van der Waals surface area contributed by atoms with Crippen molar-refractivity contribution in [3.63, 3.8) is 0 Å². The molecule has 0 amide bonds. The van der Waals surface area contributed by atoms with Gasteiger partial charge in [0.05, 0.1) is 6.54 Å². The fourth-order valence-corrected chi connectivity index (χ4v) is 3.69. The number of ether oxygens (including phenoxy) is 1. The van der Waals surface area contributed by atoms with Gasteiger partial charge in [-0.25, -0.2) is 9.67 Å². The van der Waals surface area contributed by atoms with E-state index in [9.17, 15) is 0 Å². The van der Waals surface area contributed by atoms with E-state index in [2.05, 4.69) is 69.9 Å². The largest absolute Gasteiger partial charge is 0.377 e. The Morgan fingerprint density at radius 1 is 1.32 bits per heavy atom. The number of hydrogen-bond donors (Lipinski definition) is 2. The Balaban J connectivity index is 0.00000341. The van der Waals surface area contributed by atoms with Crippen molar-refractivity contribution >= 4 is 29.9 Å². The summed E-state index contributed by atoms with van der Waals surface area (Å²) >= 11 is 0. The summed E-state index contributed by atoms with van der Waals surface area (Å²) in [5, 5.41) is 11.5. The zero-order valence-electron chi connectivity index (χ0n) is 18.9. The van der Waals surface area contributed by atoms with Crippen LogP contribution in [0.1, 0.15) is 37.0 Å². The summed E-state index contributed by atoms with van der Waals surface area (Å²) < 4.78 is 7.14. The van der Waals surface area contributed by atoms with Gasteiger partial charge in [-0.15, -0.1) is 24.0 Å². The minimum absolute atomic E-state index is 0. The minimum atomic E-state index is 0. The van der Waals surface area contributed by atoms with Crippen molar-refractivity contribution < 1.29 is 4.74 Å². The van der Waals surface area contributed by atoms with Crippen LogP contribution in [0.25, 0.3) is 0 Å². The van der Waals surface area contributed by atoms with Gasteiger partial charge in [0.2, 0.25) is 0 Å². The molecule has 0 fully saturated rings. The third kappa shape index (κ3) is 8.38. The van der Waals surface area contributed by atoms with Crippen LogP contribution >= 0.6 is 24.0 Å². The lowest BCUT2D eigenvalue weighted by Crippen LogP contribution is -2.47. The van der Waals surface area contributed by atoms with Crippen molar-refractivity contribution in [2.24, 2.45) is 4.99 Å². The molecule has 0 saturated heterocycles. The lowest BCUT2D eigenvalue weighted by molar-refractivity contribution is 0.177. The third-order valence-electron chi connectivity index (χ3n) is 5.12. The molecule has 1 atom stereocenters. The van der Waals surface area contributed by atoms with Crippen LogP contribution < -0.4 is 10.6 Å². The molecule has 1 aliphatic rings. The van der Waals surface area contributed by atoms with Crippen LogP contribution in [0.5, 0.6) is 0 Å². The summed E-state index contributed by atoms with van der Waals surface area (Å²) in [5.41, 5.74) is 1.34. The van der Waals surface area contributed by atoms with Gasteiger partial charge >= 0.3 is 0 Å². The molecule has 9 heteroatoms. The highest BCUT2D eigenvalue weighted by atomic mass is 127. The summed E-state index contributed by atoms with van der Waals surface area (Å²) in [6, 6.07) is 10.9. The number of nitrogens with zero attached hydrogens (tertiary/aromatic N) is 5. The average molecular weight is 541 g/mol. The molecule has 2 aromatic rings. The molecule has 0 radical (unpaired) electrons. The van der Waals surface area contributed by atoms with Gasteiger partial charge in [-0.3, -0.25) is 4.99 Å². The predicted molar refractivity (Wildman–Crippen MR) is 135 cm³/mol. The van der Waals surface area contributed by atoms with E-state index in [4.69, 9.17) is 9.73 Å². The minimum Gasteiger partial charge on any atom is -0.377 e. The molecule has 0 bridgehead atoms. The molecular weight excluding hydrogens is 505 g/mol. The molecule has 31 heavy (non-hydrogen) atoms. The number of guanidine groups is 1. The van der Waals surface area contributed by atoms with Gasteiger partial charge in [0, 0.05) is 39.2 Å². The number of rotatable bonds is 10. The molecule has 2 heterocycles. The summed E-state index contributed by atoms with van der Waals surface area (Å²) in [6.45, 7) is 6.99. The molecule has 172 valence electrons. The normalized spacial score (nSPS) is 16.0. The topological polar surface area (TPSA) is 79.6 Å². The molecule has 1 aliphatic heterocycles. The van der Waals surface area contributed by atoms with Gasteiger partial charge < -0.3 is 20.3 Å². The molecule has 1 unspecified atom stereocenters. The maximum absolute atomic E-state index is 5.15. The maximum Gasteiger partial charge on any atom is 0.191 e. The first-order valence-corrected chi connectivity index (χ1v) is 10.9. The Morgan fingerprint density at radius 3 is 2.87 bits per heavy atom. The number of aliphatic imine (C=N–C) groups is 1. The van der Waals surface area contributed by atoms with E-state index in [0.29, 0.717) is 12.6 Å². The van der Waals surface area contributed by atoms with E-state index < -0.39 is 0 Å². The standard InChI is InChI=1S/C22H35N7O.HI/c1-4-23-22(24-13-8-14-28(2)15-18-9-6-5-7-10-18)25-19-11-12-21-26-20(17-30-3)27-29(21)16-19;/h5-7,9-10,19H,4,8,11-17H2,1-3H3,(H2,23,24,25);1H. The number of aromatic nitrogens is 3. The van der Waals surface area contributed by atoms with Crippen LogP contribution in [0.3, 0.4) is 0 Å². The molecule has 1 aromatic heterocycles. The number of aryl methyl sites for hydroxylation is 1. The molecule has 3 rings (SSSR count). The summed E-state index contributed by atoms with van der Waals surface area (Å²) in [7, 11) is 3.83.